The zero-order valence-corrected chi connectivity index (χ0v) is 8.96. The van der Waals surface area contributed by atoms with Gasteiger partial charge in [-0.05, 0) is 19.1 Å². The number of imidazole rings is 1. The second-order valence-electron chi connectivity index (χ2n) is 3.40. The van der Waals surface area contributed by atoms with Gasteiger partial charge in [0.2, 0.25) is 5.95 Å². The van der Waals surface area contributed by atoms with E-state index in [9.17, 15) is 8.78 Å². The molecular formula is C11H11F2N3. The van der Waals surface area contributed by atoms with E-state index in [-0.39, 0.29) is 5.69 Å². The van der Waals surface area contributed by atoms with E-state index in [1.807, 2.05) is 0 Å². The number of rotatable bonds is 2. The molecule has 1 N–H and O–H groups in total. The summed E-state index contributed by atoms with van der Waals surface area (Å²) in [4.78, 5) is 4.14. The molecule has 2 aromatic rings. The molecule has 0 radical (unpaired) electrons. The molecule has 0 aliphatic heterocycles. The van der Waals surface area contributed by atoms with E-state index in [1.54, 1.807) is 20.2 Å². The minimum atomic E-state index is -0.878. The molecule has 0 saturated heterocycles. The van der Waals surface area contributed by atoms with Gasteiger partial charge in [-0.25, -0.2) is 13.8 Å². The molecule has 0 bridgehead atoms. The molecule has 84 valence electrons. The molecule has 5 heteroatoms. The normalized spacial score (nSPS) is 10.5. The smallest absolute Gasteiger partial charge is 0.207 e. The number of halogens is 2. The maximum Gasteiger partial charge on any atom is 0.207 e. The zero-order chi connectivity index (χ0) is 11.7. The van der Waals surface area contributed by atoms with Gasteiger partial charge in [0.15, 0.2) is 11.6 Å². The van der Waals surface area contributed by atoms with Gasteiger partial charge in [0.25, 0.3) is 0 Å². The van der Waals surface area contributed by atoms with Crippen LogP contribution < -0.4 is 5.32 Å². The lowest BCUT2D eigenvalue weighted by molar-refractivity contribution is 0.504. The predicted molar refractivity (Wildman–Crippen MR) is 57.8 cm³/mol. The highest BCUT2D eigenvalue weighted by Gasteiger charge is 2.13. The van der Waals surface area contributed by atoms with Crippen molar-refractivity contribution in [3.05, 3.63) is 41.7 Å². The summed E-state index contributed by atoms with van der Waals surface area (Å²) in [6.07, 6.45) is 1.64. The molecule has 3 nitrogen and oxygen atoms in total. The Morgan fingerprint density at radius 2 is 2.06 bits per heavy atom. The van der Waals surface area contributed by atoms with Crippen molar-refractivity contribution in [2.45, 2.75) is 6.92 Å². The second kappa shape index (κ2) is 3.92. The van der Waals surface area contributed by atoms with Crippen LogP contribution in [0.15, 0.2) is 24.4 Å². The van der Waals surface area contributed by atoms with E-state index in [0.717, 1.165) is 11.8 Å². The van der Waals surface area contributed by atoms with Crippen molar-refractivity contribution in [2.75, 3.05) is 12.4 Å². The first-order valence-corrected chi connectivity index (χ1v) is 4.81. The molecule has 1 heterocycles. The van der Waals surface area contributed by atoms with E-state index in [4.69, 9.17) is 0 Å². The van der Waals surface area contributed by atoms with Gasteiger partial charge in [-0.2, -0.15) is 0 Å². The topological polar surface area (TPSA) is 29.9 Å². The SMILES string of the molecule is CNc1nc(C)cn1-c1cccc(F)c1F. The van der Waals surface area contributed by atoms with E-state index >= 15 is 0 Å². The number of benzene rings is 1. The fourth-order valence-corrected chi connectivity index (χ4v) is 1.54. The third-order valence-corrected chi connectivity index (χ3v) is 2.24. The standard InChI is InChI=1S/C11H11F2N3/c1-7-6-16(11(14-2)15-7)9-5-3-4-8(12)10(9)13/h3-6H,1-2H3,(H,14,15). The molecule has 0 amide bonds. The molecule has 0 saturated carbocycles. The highest BCUT2D eigenvalue weighted by atomic mass is 19.2. The Morgan fingerprint density at radius 3 is 2.75 bits per heavy atom. The van der Waals surface area contributed by atoms with E-state index in [1.165, 1.54) is 16.7 Å². The van der Waals surface area contributed by atoms with Crippen molar-refractivity contribution in [3.8, 4) is 5.69 Å². The lowest BCUT2D eigenvalue weighted by atomic mass is 10.3. The van der Waals surface area contributed by atoms with E-state index in [2.05, 4.69) is 10.3 Å². The Morgan fingerprint density at radius 1 is 1.31 bits per heavy atom. The van der Waals surface area contributed by atoms with Gasteiger partial charge in [0.05, 0.1) is 11.4 Å². The van der Waals surface area contributed by atoms with Crippen LogP contribution >= 0.6 is 0 Å². The third kappa shape index (κ3) is 1.64. The molecule has 1 aromatic carbocycles. The first-order valence-electron chi connectivity index (χ1n) is 4.81. The average molecular weight is 223 g/mol. The number of aromatic nitrogens is 2. The highest BCUT2D eigenvalue weighted by molar-refractivity contribution is 5.43. The number of nitrogens with one attached hydrogen (secondary N) is 1. The Bertz CT molecular complexity index is 520. The molecule has 2 rings (SSSR count). The summed E-state index contributed by atoms with van der Waals surface area (Å²) in [7, 11) is 1.68. The summed E-state index contributed by atoms with van der Waals surface area (Å²) < 4.78 is 28.1. The summed E-state index contributed by atoms with van der Waals surface area (Å²) in [6.45, 7) is 1.79. The first kappa shape index (κ1) is 10.6. The number of hydrogen-bond donors (Lipinski definition) is 1. The largest absolute Gasteiger partial charge is 0.358 e. The Labute approximate surface area is 91.7 Å². The molecular weight excluding hydrogens is 212 g/mol. The lowest BCUT2D eigenvalue weighted by Gasteiger charge is -2.08. The van der Waals surface area contributed by atoms with Crippen LogP contribution in [0, 0.1) is 18.6 Å². The maximum atomic E-state index is 13.6. The van der Waals surface area contributed by atoms with Crippen LogP contribution in [0.3, 0.4) is 0 Å². The summed E-state index contributed by atoms with van der Waals surface area (Å²) in [5.41, 5.74) is 0.873. The molecule has 1 aromatic heterocycles. The van der Waals surface area contributed by atoms with Gasteiger partial charge in [0, 0.05) is 13.2 Å². The zero-order valence-electron chi connectivity index (χ0n) is 8.96. The van der Waals surface area contributed by atoms with Gasteiger partial charge < -0.3 is 5.32 Å². The monoisotopic (exact) mass is 223 g/mol. The van der Waals surface area contributed by atoms with Crippen molar-refractivity contribution in [2.24, 2.45) is 0 Å². The van der Waals surface area contributed by atoms with E-state index < -0.39 is 11.6 Å². The van der Waals surface area contributed by atoms with Crippen LogP contribution in [0.1, 0.15) is 5.69 Å². The minimum absolute atomic E-state index is 0.143. The molecule has 16 heavy (non-hydrogen) atoms. The number of anilines is 1. The predicted octanol–water partition coefficient (Wildman–Crippen LogP) is 2.50. The Hall–Kier alpha value is -1.91. The van der Waals surface area contributed by atoms with Gasteiger partial charge in [-0.1, -0.05) is 6.07 Å². The number of hydrogen-bond acceptors (Lipinski definition) is 2. The van der Waals surface area contributed by atoms with Gasteiger partial charge >= 0.3 is 0 Å². The highest BCUT2D eigenvalue weighted by Crippen LogP contribution is 2.20. The van der Waals surface area contributed by atoms with Crippen molar-refractivity contribution in [1.29, 1.82) is 0 Å². The second-order valence-corrected chi connectivity index (χ2v) is 3.40. The van der Waals surface area contributed by atoms with Crippen LogP contribution in [-0.4, -0.2) is 16.6 Å². The summed E-state index contributed by atoms with van der Waals surface area (Å²) in [5.74, 6) is -1.27. The van der Waals surface area contributed by atoms with Crippen molar-refractivity contribution in [3.63, 3.8) is 0 Å². The van der Waals surface area contributed by atoms with Crippen LogP contribution in [0.5, 0.6) is 0 Å². The molecule has 0 fully saturated rings. The van der Waals surface area contributed by atoms with Gasteiger partial charge in [-0.3, -0.25) is 4.57 Å². The molecule has 0 aliphatic rings. The van der Waals surface area contributed by atoms with Crippen molar-refractivity contribution in [1.82, 2.24) is 9.55 Å². The van der Waals surface area contributed by atoms with Gasteiger partial charge in [-0.15, -0.1) is 0 Å². The summed E-state index contributed by atoms with van der Waals surface area (Å²) in [5, 5.41) is 2.82. The van der Waals surface area contributed by atoms with Crippen LogP contribution in [-0.2, 0) is 0 Å². The van der Waals surface area contributed by atoms with Gasteiger partial charge in [0.1, 0.15) is 0 Å². The quantitative estimate of drug-likeness (QED) is 0.847. The first-order chi connectivity index (χ1) is 7.63. The molecule has 0 aliphatic carbocycles. The van der Waals surface area contributed by atoms with E-state index in [0.29, 0.717) is 5.95 Å². The Kier molecular flexibility index (Phi) is 2.60. The maximum absolute atomic E-state index is 13.6. The summed E-state index contributed by atoms with van der Waals surface area (Å²) >= 11 is 0. The molecule has 0 unspecified atom stereocenters. The molecule has 0 atom stereocenters. The van der Waals surface area contributed by atoms with Crippen LogP contribution in [0.4, 0.5) is 14.7 Å². The lowest BCUT2D eigenvalue weighted by Crippen LogP contribution is -2.03. The summed E-state index contributed by atoms with van der Waals surface area (Å²) in [6, 6.07) is 4.05. The number of nitrogens with zero attached hydrogens (tertiary/aromatic N) is 2. The average Bonchev–Trinajstić information content (AvgIpc) is 2.63. The fraction of sp³-hybridized carbons (Fsp3) is 0.182. The fourth-order valence-electron chi connectivity index (χ4n) is 1.54. The van der Waals surface area contributed by atoms with Crippen molar-refractivity contribution < 1.29 is 8.78 Å². The van der Waals surface area contributed by atoms with Crippen LogP contribution in [0.2, 0.25) is 0 Å². The minimum Gasteiger partial charge on any atom is -0.358 e. The molecule has 0 spiro atoms. The van der Waals surface area contributed by atoms with Crippen molar-refractivity contribution >= 4 is 5.95 Å². The third-order valence-electron chi connectivity index (χ3n) is 2.24. The Balaban J connectivity index is 2.62. The number of aryl methyl sites for hydroxylation is 1. The van der Waals surface area contributed by atoms with Crippen LogP contribution in [0.25, 0.3) is 5.69 Å².